The predicted octanol–water partition coefficient (Wildman–Crippen LogP) is 6.29. The highest BCUT2D eigenvalue weighted by Gasteiger charge is 2.34. The lowest BCUT2D eigenvalue weighted by atomic mass is 9.96. The van der Waals surface area contributed by atoms with Crippen molar-refractivity contribution in [1.29, 1.82) is 0 Å². The van der Waals surface area contributed by atoms with E-state index in [4.69, 9.17) is 21.3 Å². The quantitative estimate of drug-likeness (QED) is 0.248. The van der Waals surface area contributed by atoms with Gasteiger partial charge in [-0.25, -0.2) is 4.39 Å². The van der Waals surface area contributed by atoms with Gasteiger partial charge >= 0.3 is 6.01 Å². The Morgan fingerprint density at radius 1 is 1.00 bits per heavy atom. The second-order valence-electron chi connectivity index (χ2n) is 11.1. The van der Waals surface area contributed by atoms with Gasteiger partial charge in [0.1, 0.15) is 11.3 Å². The maximum absolute atomic E-state index is 16.5. The van der Waals surface area contributed by atoms with Crippen LogP contribution in [0.4, 0.5) is 10.2 Å². The van der Waals surface area contributed by atoms with E-state index in [9.17, 15) is 0 Å². The monoisotopic (exact) mass is 547 g/mol. The van der Waals surface area contributed by atoms with E-state index in [1.807, 2.05) is 48.5 Å². The number of nitrogens with zero attached hydrogens (tertiary/aromatic N) is 4. The van der Waals surface area contributed by atoms with Crippen LogP contribution in [-0.2, 0) is 0 Å². The maximum Gasteiger partial charge on any atom is 0.319 e. The summed E-state index contributed by atoms with van der Waals surface area (Å²) in [5.74, 6) is 0.262. The average molecular weight is 548 g/mol. The second-order valence-corrected chi connectivity index (χ2v) is 11.5. The van der Waals surface area contributed by atoms with Crippen LogP contribution in [0.25, 0.3) is 32.8 Å². The van der Waals surface area contributed by atoms with E-state index >= 15 is 4.39 Å². The second kappa shape index (κ2) is 11.2. The van der Waals surface area contributed by atoms with Crippen LogP contribution in [0, 0.1) is 5.82 Å². The summed E-state index contributed by atoms with van der Waals surface area (Å²) in [5.41, 5.74) is 1.36. The smallest absolute Gasteiger partial charge is 0.319 e. The van der Waals surface area contributed by atoms with Crippen LogP contribution in [0.1, 0.15) is 32.1 Å². The first-order valence-electron chi connectivity index (χ1n) is 13.9. The number of hydrogen-bond acceptors (Lipinski definition) is 6. The summed E-state index contributed by atoms with van der Waals surface area (Å²) in [6.07, 6.45) is 5.33. The van der Waals surface area contributed by atoms with Gasteiger partial charge in [-0.1, -0.05) is 54.1 Å². The van der Waals surface area contributed by atoms with E-state index in [0.29, 0.717) is 40.5 Å². The molecule has 0 unspecified atom stereocenters. The lowest BCUT2D eigenvalue weighted by Crippen LogP contribution is -2.51. The number of anilines is 1. The van der Waals surface area contributed by atoms with E-state index in [1.165, 1.54) is 0 Å². The first-order chi connectivity index (χ1) is 19.0. The first-order valence-corrected chi connectivity index (χ1v) is 14.3. The van der Waals surface area contributed by atoms with Crippen LogP contribution < -0.4 is 15.0 Å². The van der Waals surface area contributed by atoms with Crippen molar-refractivity contribution in [1.82, 2.24) is 20.2 Å². The van der Waals surface area contributed by atoms with Crippen LogP contribution in [0.15, 0.2) is 48.5 Å². The summed E-state index contributed by atoms with van der Waals surface area (Å²) in [7, 11) is 4.16. The van der Waals surface area contributed by atoms with E-state index in [0.717, 1.165) is 68.1 Å². The molecule has 3 aromatic carbocycles. The fourth-order valence-corrected chi connectivity index (χ4v) is 6.29. The molecule has 1 aromatic heterocycles. The normalized spacial score (nSPS) is 18.9. The molecule has 4 aromatic rings. The zero-order valence-electron chi connectivity index (χ0n) is 22.6. The number of nitrogens with one attached hydrogen (secondary N) is 1. The number of fused-ring (bicyclic) bond motifs is 4. The van der Waals surface area contributed by atoms with Gasteiger partial charge in [-0.2, -0.15) is 9.97 Å². The Hall–Kier alpha value is -3.00. The molecule has 8 heteroatoms. The summed E-state index contributed by atoms with van der Waals surface area (Å²) in [6, 6.07) is 16.7. The molecule has 2 bridgehead atoms. The van der Waals surface area contributed by atoms with Crippen molar-refractivity contribution >= 4 is 39.1 Å². The molecule has 0 amide bonds. The Bertz CT molecular complexity index is 1480. The van der Waals surface area contributed by atoms with Crippen LogP contribution in [0.2, 0.25) is 5.02 Å². The lowest BCUT2D eigenvalue weighted by molar-refractivity contribution is 0.278. The Kier molecular flexibility index (Phi) is 7.56. The van der Waals surface area contributed by atoms with Crippen molar-refractivity contribution in [3.63, 3.8) is 0 Å². The van der Waals surface area contributed by atoms with E-state index < -0.39 is 5.82 Å². The molecule has 204 valence electrons. The fourth-order valence-electron chi connectivity index (χ4n) is 6.00. The molecule has 6 rings (SSSR count). The van der Waals surface area contributed by atoms with Gasteiger partial charge in [0.2, 0.25) is 0 Å². The van der Waals surface area contributed by atoms with Gasteiger partial charge < -0.3 is 19.9 Å². The van der Waals surface area contributed by atoms with Gasteiger partial charge in [-0.05, 0) is 75.1 Å². The minimum absolute atomic E-state index is 0.223. The number of halogens is 2. The Balaban J connectivity index is 1.41. The van der Waals surface area contributed by atoms with Crippen molar-refractivity contribution in [3.8, 4) is 17.1 Å². The third-order valence-corrected chi connectivity index (χ3v) is 8.20. The average Bonchev–Trinajstić information content (AvgIpc) is 3.27. The highest BCUT2D eigenvalue weighted by Crippen LogP contribution is 2.41. The van der Waals surface area contributed by atoms with Crippen molar-refractivity contribution in [2.75, 3.05) is 45.2 Å². The molecule has 0 radical (unpaired) electrons. The Labute approximate surface area is 234 Å². The van der Waals surface area contributed by atoms with Gasteiger partial charge in [0.25, 0.3) is 0 Å². The molecule has 1 N–H and O–H groups in total. The minimum Gasteiger partial charge on any atom is -0.463 e. The van der Waals surface area contributed by atoms with Crippen molar-refractivity contribution in [2.45, 2.75) is 44.2 Å². The highest BCUT2D eigenvalue weighted by molar-refractivity contribution is 6.35. The third-order valence-electron chi connectivity index (χ3n) is 7.90. The molecule has 3 heterocycles. The van der Waals surface area contributed by atoms with Gasteiger partial charge in [0.15, 0.2) is 5.82 Å². The fraction of sp³-hybridized carbons (Fsp3) is 0.419. The van der Waals surface area contributed by atoms with Crippen LogP contribution in [0.5, 0.6) is 6.01 Å². The number of rotatable bonds is 9. The first kappa shape index (κ1) is 26.2. The van der Waals surface area contributed by atoms with Crippen molar-refractivity contribution in [2.24, 2.45) is 0 Å². The van der Waals surface area contributed by atoms with Crippen LogP contribution in [-0.4, -0.2) is 67.3 Å². The number of piperazine rings is 1. The predicted molar refractivity (Wildman–Crippen MR) is 158 cm³/mol. The van der Waals surface area contributed by atoms with Crippen LogP contribution >= 0.6 is 11.6 Å². The van der Waals surface area contributed by atoms with E-state index in [2.05, 4.69) is 34.2 Å². The lowest BCUT2D eigenvalue weighted by Gasteiger charge is -2.34. The van der Waals surface area contributed by atoms with Gasteiger partial charge in [-0.15, -0.1) is 0 Å². The summed E-state index contributed by atoms with van der Waals surface area (Å²) in [4.78, 5) is 13.9. The third kappa shape index (κ3) is 5.40. The van der Waals surface area contributed by atoms with Gasteiger partial charge in [-0.3, -0.25) is 0 Å². The molecule has 0 spiro atoms. The van der Waals surface area contributed by atoms with Gasteiger partial charge in [0, 0.05) is 36.1 Å². The molecule has 2 aliphatic rings. The minimum atomic E-state index is -0.438. The van der Waals surface area contributed by atoms with E-state index in [1.54, 1.807) is 0 Å². The summed E-state index contributed by atoms with van der Waals surface area (Å²) in [6.45, 7) is 3.18. The topological polar surface area (TPSA) is 53.5 Å². The molecular formula is C31H35ClFN5O. The molecule has 2 atom stereocenters. The van der Waals surface area contributed by atoms with Crippen molar-refractivity contribution in [3.05, 3.63) is 59.4 Å². The van der Waals surface area contributed by atoms with Gasteiger partial charge in [0.05, 0.1) is 11.6 Å². The number of aromatic nitrogens is 2. The maximum atomic E-state index is 16.5. The van der Waals surface area contributed by atoms with Crippen LogP contribution in [0.3, 0.4) is 0 Å². The molecule has 2 saturated heterocycles. The number of hydrogen-bond donors (Lipinski definition) is 1. The number of benzene rings is 3. The SMILES string of the molecule is CN(C)CCCCCOc1nc(N2C[C@H]3CC[C@@H](C2)N3)c2cc(Cl)c(-c3cccc4ccccc34)c(F)c2n1. The summed E-state index contributed by atoms with van der Waals surface area (Å²) >= 11 is 6.86. The number of ether oxygens (including phenoxy) is 1. The van der Waals surface area contributed by atoms with Crippen molar-refractivity contribution < 1.29 is 9.13 Å². The molecule has 39 heavy (non-hydrogen) atoms. The largest absolute Gasteiger partial charge is 0.463 e. The summed E-state index contributed by atoms with van der Waals surface area (Å²) in [5, 5.41) is 6.62. The van der Waals surface area contributed by atoms with E-state index in [-0.39, 0.29) is 11.5 Å². The molecule has 2 fully saturated rings. The molecule has 6 nitrogen and oxygen atoms in total. The molecular weight excluding hydrogens is 513 g/mol. The number of unbranched alkanes of at least 4 members (excludes halogenated alkanes) is 2. The zero-order valence-corrected chi connectivity index (χ0v) is 23.3. The Morgan fingerprint density at radius 2 is 1.77 bits per heavy atom. The zero-order chi connectivity index (χ0) is 26.9. The molecule has 0 aliphatic carbocycles. The molecule has 2 aliphatic heterocycles. The Morgan fingerprint density at radius 3 is 2.56 bits per heavy atom. The standard InChI is InChI=1S/C31H35ClFN5O/c1-37(2)15-6-3-7-16-39-31-35-29-25(30(36-31)38-18-21-13-14-22(19-38)34-21)17-26(32)27(28(29)33)24-12-8-10-20-9-4-5-11-23(20)24/h4-5,8-12,17,21-22,34H,3,6-7,13-16,18-19H2,1-2H3/t21-,22+. The molecule has 0 saturated carbocycles. The highest BCUT2D eigenvalue weighted by atomic mass is 35.5. The summed E-state index contributed by atoms with van der Waals surface area (Å²) < 4.78 is 22.6.